The molecule has 144 valence electrons. The van der Waals surface area contributed by atoms with Crippen LogP contribution in [0.3, 0.4) is 0 Å². The molecule has 29 heavy (non-hydrogen) atoms. The lowest BCUT2D eigenvalue weighted by Gasteiger charge is -2.05. The van der Waals surface area contributed by atoms with E-state index in [0.29, 0.717) is 11.5 Å². The molecule has 0 bridgehead atoms. The fourth-order valence-corrected chi connectivity index (χ4v) is 2.91. The molecule has 0 aliphatic heterocycles. The van der Waals surface area contributed by atoms with Crippen molar-refractivity contribution in [3.8, 4) is 22.8 Å². The van der Waals surface area contributed by atoms with Crippen molar-refractivity contribution in [3.63, 3.8) is 0 Å². The monoisotopic (exact) mass is 384 g/mol. The number of rotatable bonds is 5. The van der Waals surface area contributed by atoms with Gasteiger partial charge in [0.2, 0.25) is 5.82 Å². The first-order valence-corrected chi connectivity index (χ1v) is 9.19. The van der Waals surface area contributed by atoms with E-state index in [9.17, 15) is 4.79 Å². The third-order valence-electron chi connectivity index (χ3n) is 4.47. The average molecular weight is 384 g/mol. The zero-order valence-corrected chi connectivity index (χ0v) is 16.2. The number of carbonyl (C=O) groups excluding carboxylic acids is 1. The number of anilines is 1. The summed E-state index contributed by atoms with van der Waals surface area (Å²) in [6.45, 7) is 2.03. The van der Waals surface area contributed by atoms with Gasteiger partial charge in [0.15, 0.2) is 5.82 Å². The first-order valence-electron chi connectivity index (χ1n) is 9.19. The van der Waals surface area contributed by atoms with Crippen molar-refractivity contribution in [2.24, 2.45) is 0 Å². The van der Waals surface area contributed by atoms with E-state index < -0.39 is 0 Å². The van der Waals surface area contributed by atoms with Gasteiger partial charge in [-0.1, -0.05) is 48.0 Å². The standard InChI is InChI=1S/C23H20N4O2/c1-16-8-10-17(11-9-16)22-25-21(26-27(22)19-6-4-3-5-7-19)23(28)24-18-12-14-20(29-2)15-13-18/h3-15H,1-2H3,(H,24,28). The molecule has 6 heteroatoms. The molecule has 3 aromatic carbocycles. The maximum atomic E-state index is 12.8. The number of benzene rings is 3. The highest BCUT2D eigenvalue weighted by atomic mass is 16.5. The fraction of sp³-hybridized carbons (Fsp3) is 0.0870. The molecule has 0 atom stereocenters. The summed E-state index contributed by atoms with van der Waals surface area (Å²) in [4.78, 5) is 17.3. The lowest BCUT2D eigenvalue weighted by molar-refractivity contribution is 0.101. The molecular formula is C23H20N4O2. The molecule has 0 aliphatic carbocycles. The van der Waals surface area contributed by atoms with E-state index in [-0.39, 0.29) is 11.7 Å². The summed E-state index contributed by atoms with van der Waals surface area (Å²) in [5, 5.41) is 7.31. The van der Waals surface area contributed by atoms with Crippen molar-refractivity contribution in [1.82, 2.24) is 14.8 Å². The van der Waals surface area contributed by atoms with E-state index in [4.69, 9.17) is 4.74 Å². The Morgan fingerprint density at radius 1 is 0.931 bits per heavy atom. The van der Waals surface area contributed by atoms with E-state index in [1.54, 1.807) is 36.1 Å². The third-order valence-corrected chi connectivity index (χ3v) is 4.47. The molecule has 0 radical (unpaired) electrons. The summed E-state index contributed by atoms with van der Waals surface area (Å²) in [5.74, 6) is 1.05. The topological polar surface area (TPSA) is 69.0 Å². The van der Waals surface area contributed by atoms with Crippen LogP contribution in [-0.4, -0.2) is 27.8 Å². The molecule has 4 rings (SSSR count). The number of ether oxygens (including phenoxy) is 1. The number of nitrogens with one attached hydrogen (secondary N) is 1. The van der Waals surface area contributed by atoms with Crippen LogP contribution < -0.4 is 10.1 Å². The Kier molecular flexibility index (Phi) is 5.07. The SMILES string of the molecule is COc1ccc(NC(=O)c2nc(-c3ccc(C)cc3)n(-c3ccccc3)n2)cc1. The molecule has 0 aliphatic rings. The normalized spacial score (nSPS) is 10.6. The maximum absolute atomic E-state index is 12.8. The molecular weight excluding hydrogens is 364 g/mol. The van der Waals surface area contributed by atoms with Crippen LogP contribution in [0.25, 0.3) is 17.1 Å². The van der Waals surface area contributed by atoms with Crippen molar-refractivity contribution in [3.05, 3.63) is 90.3 Å². The van der Waals surface area contributed by atoms with E-state index in [1.165, 1.54) is 0 Å². The predicted octanol–water partition coefficient (Wildman–Crippen LogP) is 4.50. The van der Waals surface area contributed by atoms with Gasteiger partial charge in [-0.15, -0.1) is 5.10 Å². The predicted molar refractivity (Wildman–Crippen MR) is 112 cm³/mol. The Morgan fingerprint density at radius 3 is 2.28 bits per heavy atom. The molecule has 0 fully saturated rings. The number of aromatic nitrogens is 3. The summed E-state index contributed by atoms with van der Waals surface area (Å²) in [6, 6.07) is 24.7. The number of para-hydroxylation sites is 1. The van der Waals surface area contributed by atoms with Crippen molar-refractivity contribution in [2.45, 2.75) is 6.92 Å². The van der Waals surface area contributed by atoms with Crippen LogP contribution in [0.4, 0.5) is 5.69 Å². The number of nitrogens with zero attached hydrogens (tertiary/aromatic N) is 3. The minimum atomic E-state index is -0.377. The van der Waals surface area contributed by atoms with Gasteiger partial charge in [0.05, 0.1) is 12.8 Å². The summed E-state index contributed by atoms with van der Waals surface area (Å²) >= 11 is 0. The minimum absolute atomic E-state index is 0.0975. The summed E-state index contributed by atoms with van der Waals surface area (Å²) in [5.41, 5.74) is 3.51. The third kappa shape index (κ3) is 4.01. The highest BCUT2D eigenvalue weighted by Crippen LogP contribution is 2.22. The van der Waals surface area contributed by atoms with Crippen LogP contribution >= 0.6 is 0 Å². The molecule has 0 saturated heterocycles. The van der Waals surface area contributed by atoms with Crippen LogP contribution in [-0.2, 0) is 0 Å². The second-order valence-electron chi connectivity index (χ2n) is 6.56. The van der Waals surface area contributed by atoms with Gasteiger partial charge in [0, 0.05) is 11.3 Å². The Bertz CT molecular complexity index is 1120. The van der Waals surface area contributed by atoms with Crippen molar-refractivity contribution in [1.29, 1.82) is 0 Å². The number of methoxy groups -OCH3 is 1. The van der Waals surface area contributed by atoms with Crippen LogP contribution in [0.2, 0.25) is 0 Å². The zero-order valence-electron chi connectivity index (χ0n) is 16.2. The molecule has 1 amide bonds. The first-order chi connectivity index (χ1) is 14.1. The molecule has 4 aromatic rings. The number of hydrogen-bond acceptors (Lipinski definition) is 4. The minimum Gasteiger partial charge on any atom is -0.497 e. The zero-order chi connectivity index (χ0) is 20.2. The summed E-state index contributed by atoms with van der Waals surface area (Å²) in [6.07, 6.45) is 0. The number of amides is 1. The summed E-state index contributed by atoms with van der Waals surface area (Å²) in [7, 11) is 1.60. The van der Waals surface area contributed by atoms with E-state index in [0.717, 1.165) is 22.6 Å². The molecule has 0 spiro atoms. The molecule has 1 N–H and O–H groups in total. The van der Waals surface area contributed by atoms with Gasteiger partial charge >= 0.3 is 0 Å². The lowest BCUT2D eigenvalue weighted by Crippen LogP contribution is -2.14. The highest BCUT2D eigenvalue weighted by molar-refractivity contribution is 6.01. The summed E-state index contributed by atoms with van der Waals surface area (Å²) < 4.78 is 6.83. The van der Waals surface area contributed by atoms with Crippen molar-refractivity contribution >= 4 is 11.6 Å². The van der Waals surface area contributed by atoms with E-state index in [1.807, 2.05) is 61.5 Å². The largest absolute Gasteiger partial charge is 0.497 e. The lowest BCUT2D eigenvalue weighted by atomic mass is 10.1. The smallest absolute Gasteiger partial charge is 0.295 e. The Hall–Kier alpha value is -3.93. The highest BCUT2D eigenvalue weighted by Gasteiger charge is 2.19. The molecule has 1 aromatic heterocycles. The second kappa shape index (κ2) is 7.98. The van der Waals surface area contributed by atoms with Crippen LogP contribution in [0.5, 0.6) is 5.75 Å². The molecule has 0 saturated carbocycles. The van der Waals surface area contributed by atoms with Gasteiger partial charge < -0.3 is 10.1 Å². The number of aryl methyl sites for hydroxylation is 1. The second-order valence-corrected chi connectivity index (χ2v) is 6.56. The van der Waals surface area contributed by atoms with Crippen molar-refractivity contribution < 1.29 is 9.53 Å². The van der Waals surface area contributed by atoms with Gasteiger partial charge in [0.1, 0.15) is 5.75 Å². The van der Waals surface area contributed by atoms with Gasteiger partial charge in [0.25, 0.3) is 5.91 Å². The fourth-order valence-electron chi connectivity index (χ4n) is 2.91. The quantitative estimate of drug-likeness (QED) is 0.550. The van der Waals surface area contributed by atoms with Crippen LogP contribution in [0.1, 0.15) is 16.2 Å². The Labute approximate surface area is 168 Å². The van der Waals surface area contributed by atoms with E-state index >= 15 is 0 Å². The van der Waals surface area contributed by atoms with Crippen LogP contribution in [0, 0.1) is 6.92 Å². The van der Waals surface area contributed by atoms with Gasteiger partial charge in [-0.05, 0) is 43.3 Å². The molecule has 6 nitrogen and oxygen atoms in total. The number of carbonyl (C=O) groups is 1. The van der Waals surface area contributed by atoms with Crippen LogP contribution in [0.15, 0.2) is 78.9 Å². The van der Waals surface area contributed by atoms with E-state index in [2.05, 4.69) is 15.4 Å². The van der Waals surface area contributed by atoms with Gasteiger partial charge in [-0.25, -0.2) is 9.67 Å². The van der Waals surface area contributed by atoms with Gasteiger partial charge in [-0.3, -0.25) is 4.79 Å². The Balaban J connectivity index is 1.70. The van der Waals surface area contributed by atoms with Gasteiger partial charge in [-0.2, -0.15) is 0 Å². The average Bonchev–Trinajstić information content (AvgIpc) is 3.21. The first kappa shape index (κ1) is 18.4. The maximum Gasteiger partial charge on any atom is 0.295 e. The number of hydrogen-bond donors (Lipinski definition) is 1. The molecule has 0 unspecified atom stereocenters. The Morgan fingerprint density at radius 2 is 1.62 bits per heavy atom. The van der Waals surface area contributed by atoms with Crippen molar-refractivity contribution in [2.75, 3.05) is 12.4 Å². The molecule has 1 heterocycles.